The Morgan fingerprint density at radius 2 is 2.09 bits per heavy atom. The number of benzene rings is 1. The third-order valence-corrected chi connectivity index (χ3v) is 4.28. The number of aliphatic hydroxyl groups is 1. The lowest BCUT2D eigenvalue weighted by atomic mass is 10.1. The lowest BCUT2D eigenvalue weighted by molar-refractivity contribution is -0.118. The Hall–Kier alpha value is -2.24. The maximum atomic E-state index is 12.2. The minimum Gasteiger partial charge on any atom is -0.387 e. The number of nitrogens with zero attached hydrogens (tertiary/aromatic N) is 2. The van der Waals surface area contributed by atoms with Crippen LogP contribution in [0.3, 0.4) is 0 Å². The van der Waals surface area contributed by atoms with Gasteiger partial charge in [0.1, 0.15) is 5.82 Å². The fourth-order valence-corrected chi connectivity index (χ4v) is 3.09. The molecule has 0 bridgehead atoms. The molecular weight excluding hydrogens is 290 g/mol. The molecule has 2 N–H and O–H groups in total. The van der Waals surface area contributed by atoms with Crippen molar-refractivity contribution < 1.29 is 9.90 Å². The van der Waals surface area contributed by atoms with Crippen LogP contribution in [0.25, 0.3) is 0 Å². The van der Waals surface area contributed by atoms with Crippen molar-refractivity contribution in [3.8, 4) is 0 Å². The van der Waals surface area contributed by atoms with Crippen LogP contribution in [0.5, 0.6) is 0 Å². The molecule has 1 aliphatic carbocycles. The maximum absolute atomic E-state index is 12.2. The van der Waals surface area contributed by atoms with Gasteiger partial charge in [0.2, 0.25) is 5.91 Å². The molecule has 0 saturated carbocycles. The van der Waals surface area contributed by atoms with Crippen molar-refractivity contribution in [2.45, 2.75) is 25.5 Å². The van der Waals surface area contributed by atoms with Crippen LogP contribution in [-0.4, -0.2) is 40.5 Å². The van der Waals surface area contributed by atoms with E-state index in [2.05, 4.69) is 10.3 Å². The molecule has 1 aromatic heterocycles. The summed E-state index contributed by atoms with van der Waals surface area (Å²) >= 11 is 0. The second kappa shape index (κ2) is 6.48. The highest BCUT2D eigenvalue weighted by molar-refractivity contribution is 5.91. The van der Waals surface area contributed by atoms with Gasteiger partial charge in [0.25, 0.3) is 0 Å². The van der Waals surface area contributed by atoms with Gasteiger partial charge in [-0.15, -0.1) is 0 Å². The van der Waals surface area contributed by atoms with E-state index in [0.717, 1.165) is 23.2 Å². The van der Waals surface area contributed by atoms with Crippen LogP contribution >= 0.6 is 0 Å². The molecular formula is C18H21N3O2. The monoisotopic (exact) mass is 311 g/mol. The molecule has 1 aromatic carbocycles. The number of aryl methyl sites for hydroxylation is 1. The van der Waals surface area contributed by atoms with Gasteiger partial charge in [-0.3, -0.25) is 9.69 Å². The SMILES string of the molecule is Cc1cccc(NC(=O)CN(C)[C@H]2Cc3ccccc3[C@H]2O)n1. The fourth-order valence-electron chi connectivity index (χ4n) is 3.09. The largest absolute Gasteiger partial charge is 0.387 e. The van der Waals surface area contributed by atoms with Gasteiger partial charge in [-0.25, -0.2) is 4.98 Å². The quantitative estimate of drug-likeness (QED) is 0.905. The summed E-state index contributed by atoms with van der Waals surface area (Å²) in [5.41, 5.74) is 2.97. The molecule has 1 aliphatic rings. The minimum absolute atomic E-state index is 0.0800. The first kappa shape index (κ1) is 15.6. The van der Waals surface area contributed by atoms with E-state index in [1.807, 2.05) is 55.3 Å². The zero-order chi connectivity index (χ0) is 16.4. The van der Waals surface area contributed by atoms with Gasteiger partial charge in [-0.1, -0.05) is 30.3 Å². The number of fused-ring (bicyclic) bond motifs is 1. The van der Waals surface area contributed by atoms with Gasteiger partial charge in [-0.2, -0.15) is 0 Å². The smallest absolute Gasteiger partial charge is 0.239 e. The van der Waals surface area contributed by atoms with Gasteiger partial charge >= 0.3 is 0 Å². The summed E-state index contributed by atoms with van der Waals surface area (Å²) in [6.07, 6.45) is 0.199. The van der Waals surface area contributed by atoms with Crippen LogP contribution in [0.15, 0.2) is 42.5 Å². The number of rotatable bonds is 4. The highest BCUT2D eigenvalue weighted by Crippen LogP contribution is 2.33. The molecule has 1 amide bonds. The van der Waals surface area contributed by atoms with Crippen molar-refractivity contribution in [3.63, 3.8) is 0 Å². The number of carbonyl (C=O) groups excluding carboxylic acids is 1. The van der Waals surface area contributed by atoms with Crippen molar-refractivity contribution in [3.05, 3.63) is 59.3 Å². The molecule has 23 heavy (non-hydrogen) atoms. The van der Waals surface area contributed by atoms with Crippen molar-refractivity contribution in [1.29, 1.82) is 0 Å². The summed E-state index contributed by atoms with van der Waals surface area (Å²) in [7, 11) is 1.86. The number of anilines is 1. The average molecular weight is 311 g/mol. The second-order valence-electron chi connectivity index (χ2n) is 6.04. The van der Waals surface area contributed by atoms with Crippen LogP contribution in [0.1, 0.15) is 22.9 Å². The fraction of sp³-hybridized carbons (Fsp3) is 0.333. The van der Waals surface area contributed by atoms with Crippen LogP contribution < -0.4 is 5.32 Å². The summed E-state index contributed by atoms with van der Waals surface area (Å²) in [5, 5.41) is 13.3. The molecule has 0 radical (unpaired) electrons. The molecule has 2 aromatic rings. The number of hydrogen-bond donors (Lipinski definition) is 2. The molecule has 0 fully saturated rings. The van der Waals surface area contributed by atoms with E-state index in [1.165, 1.54) is 0 Å². The molecule has 0 aliphatic heterocycles. The topological polar surface area (TPSA) is 65.5 Å². The summed E-state index contributed by atoms with van der Waals surface area (Å²) in [6.45, 7) is 2.10. The Bertz CT molecular complexity index is 717. The Morgan fingerprint density at radius 1 is 1.30 bits per heavy atom. The zero-order valence-corrected chi connectivity index (χ0v) is 13.4. The maximum Gasteiger partial charge on any atom is 0.239 e. The van der Waals surface area contributed by atoms with E-state index in [4.69, 9.17) is 0 Å². The lowest BCUT2D eigenvalue weighted by Gasteiger charge is -2.26. The molecule has 0 saturated heterocycles. The van der Waals surface area contributed by atoms with E-state index in [9.17, 15) is 9.90 Å². The lowest BCUT2D eigenvalue weighted by Crippen LogP contribution is -2.40. The molecule has 1 heterocycles. The first-order valence-corrected chi connectivity index (χ1v) is 7.74. The summed E-state index contributed by atoms with van der Waals surface area (Å²) in [4.78, 5) is 18.4. The molecule has 120 valence electrons. The van der Waals surface area contributed by atoms with Crippen LogP contribution in [-0.2, 0) is 11.2 Å². The average Bonchev–Trinajstić information content (AvgIpc) is 2.85. The molecule has 5 nitrogen and oxygen atoms in total. The third-order valence-electron chi connectivity index (χ3n) is 4.28. The van der Waals surface area contributed by atoms with Gasteiger partial charge in [-0.05, 0) is 43.7 Å². The Morgan fingerprint density at radius 3 is 2.83 bits per heavy atom. The van der Waals surface area contributed by atoms with E-state index in [1.54, 1.807) is 6.07 Å². The minimum atomic E-state index is -0.555. The standard InChI is InChI=1S/C18H21N3O2/c1-12-6-5-9-16(19-12)20-17(22)11-21(2)15-10-13-7-3-4-8-14(13)18(15)23/h3-9,15,18,23H,10-11H2,1-2H3,(H,19,20,22)/t15-,18+/m0/s1. The van der Waals surface area contributed by atoms with Gasteiger partial charge in [0.15, 0.2) is 0 Å². The Labute approximate surface area is 136 Å². The Balaban J connectivity index is 1.61. The number of aromatic nitrogens is 1. The molecule has 2 atom stereocenters. The summed E-state index contributed by atoms with van der Waals surface area (Å²) in [5.74, 6) is 0.424. The number of hydrogen-bond acceptors (Lipinski definition) is 4. The zero-order valence-electron chi connectivity index (χ0n) is 13.4. The van der Waals surface area contributed by atoms with Crippen molar-refractivity contribution >= 4 is 11.7 Å². The van der Waals surface area contributed by atoms with E-state index < -0.39 is 6.10 Å². The van der Waals surface area contributed by atoms with Gasteiger partial charge in [0, 0.05) is 11.7 Å². The normalized spacial score (nSPS) is 19.7. The number of pyridine rings is 1. The number of amides is 1. The van der Waals surface area contributed by atoms with Crippen LogP contribution in [0.2, 0.25) is 0 Å². The summed E-state index contributed by atoms with van der Waals surface area (Å²) in [6, 6.07) is 13.3. The van der Waals surface area contributed by atoms with Crippen LogP contribution in [0, 0.1) is 6.92 Å². The predicted molar refractivity (Wildman–Crippen MR) is 89.1 cm³/mol. The van der Waals surface area contributed by atoms with Crippen molar-refractivity contribution in [1.82, 2.24) is 9.88 Å². The highest BCUT2D eigenvalue weighted by atomic mass is 16.3. The number of carbonyl (C=O) groups is 1. The summed E-state index contributed by atoms with van der Waals surface area (Å²) < 4.78 is 0. The predicted octanol–water partition coefficient (Wildman–Crippen LogP) is 1.92. The molecule has 5 heteroatoms. The molecule has 0 spiro atoms. The molecule has 3 rings (SSSR count). The number of aliphatic hydroxyl groups excluding tert-OH is 1. The number of nitrogens with one attached hydrogen (secondary N) is 1. The van der Waals surface area contributed by atoms with Crippen LogP contribution in [0.4, 0.5) is 5.82 Å². The van der Waals surface area contributed by atoms with E-state index in [0.29, 0.717) is 5.82 Å². The third kappa shape index (κ3) is 3.41. The first-order valence-electron chi connectivity index (χ1n) is 7.74. The molecule has 0 unspecified atom stereocenters. The van der Waals surface area contributed by atoms with Crippen molar-refractivity contribution in [2.24, 2.45) is 0 Å². The highest BCUT2D eigenvalue weighted by Gasteiger charge is 2.33. The number of likely N-dealkylation sites (N-methyl/N-ethyl adjacent to an activating group) is 1. The van der Waals surface area contributed by atoms with E-state index >= 15 is 0 Å². The van der Waals surface area contributed by atoms with Crippen molar-refractivity contribution in [2.75, 3.05) is 18.9 Å². The van der Waals surface area contributed by atoms with E-state index in [-0.39, 0.29) is 18.5 Å². The van der Waals surface area contributed by atoms with Gasteiger partial charge in [0.05, 0.1) is 12.6 Å². The first-order chi connectivity index (χ1) is 11.0. The Kier molecular flexibility index (Phi) is 4.41. The second-order valence-corrected chi connectivity index (χ2v) is 6.04. The van der Waals surface area contributed by atoms with Gasteiger partial charge < -0.3 is 10.4 Å².